The first-order valence-electron chi connectivity index (χ1n) is 6.20. The number of nitrogens with zero attached hydrogens (tertiary/aromatic N) is 1. The quantitative estimate of drug-likeness (QED) is 0.648. The number of hydrogen-bond acceptors (Lipinski definition) is 1. The fraction of sp³-hybridized carbons (Fsp3) is 0.118. The Balaban J connectivity index is 1.92. The van der Waals surface area contributed by atoms with Gasteiger partial charge in [-0.3, -0.25) is 4.98 Å². The zero-order chi connectivity index (χ0) is 12.4. The molecule has 0 amide bonds. The molecule has 1 aromatic heterocycles. The van der Waals surface area contributed by atoms with Crippen molar-refractivity contribution in [2.45, 2.75) is 13.3 Å². The third kappa shape index (κ3) is 2.25. The van der Waals surface area contributed by atoms with Gasteiger partial charge in [-0.25, -0.2) is 0 Å². The summed E-state index contributed by atoms with van der Waals surface area (Å²) in [6.07, 6.45) is 2.85. The first-order chi connectivity index (χ1) is 8.81. The second kappa shape index (κ2) is 4.61. The maximum absolute atomic E-state index is 4.52. The molecule has 0 unspecified atom stereocenters. The van der Waals surface area contributed by atoms with Crippen molar-refractivity contribution in [3.63, 3.8) is 0 Å². The van der Waals surface area contributed by atoms with E-state index in [1.165, 1.54) is 21.9 Å². The maximum Gasteiger partial charge on any atom is 0.0453 e. The second-order valence-electron chi connectivity index (χ2n) is 4.69. The Kier molecular flexibility index (Phi) is 2.81. The van der Waals surface area contributed by atoms with Crippen LogP contribution in [-0.2, 0) is 6.42 Å². The van der Waals surface area contributed by atoms with Gasteiger partial charge >= 0.3 is 0 Å². The predicted octanol–water partition coefficient (Wildman–Crippen LogP) is 4.13. The highest BCUT2D eigenvalue weighted by molar-refractivity contribution is 5.81. The van der Waals surface area contributed by atoms with Gasteiger partial charge in [0.2, 0.25) is 0 Å². The molecule has 0 aliphatic rings. The predicted molar refractivity (Wildman–Crippen MR) is 75.7 cm³/mol. The molecule has 0 aliphatic carbocycles. The van der Waals surface area contributed by atoms with Crippen molar-refractivity contribution in [2.75, 3.05) is 0 Å². The number of pyridine rings is 1. The zero-order valence-corrected chi connectivity index (χ0v) is 10.4. The van der Waals surface area contributed by atoms with E-state index in [9.17, 15) is 0 Å². The van der Waals surface area contributed by atoms with Gasteiger partial charge in [-0.05, 0) is 23.9 Å². The van der Waals surface area contributed by atoms with Gasteiger partial charge in [-0.2, -0.15) is 0 Å². The van der Waals surface area contributed by atoms with Crippen LogP contribution in [0.15, 0.2) is 60.8 Å². The summed E-state index contributed by atoms with van der Waals surface area (Å²) in [5, 5.41) is 2.46. The molecule has 0 atom stereocenters. The van der Waals surface area contributed by atoms with Crippen LogP contribution in [0.25, 0.3) is 10.8 Å². The highest BCUT2D eigenvalue weighted by atomic mass is 14.7. The fourth-order valence-electron chi connectivity index (χ4n) is 2.14. The smallest absolute Gasteiger partial charge is 0.0453 e. The number of hydrogen-bond donors (Lipinski definition) is 0. The maximum atomic E-state index is 4.52. The molecule has 2 aromatic carbocycles. The number of fused-ring (bicyclic) bond motifs is 1. The Labute approximate surface area is 107 Å². The first-order valence-corrected chi connectivity index (χ1v) is 6.20. The summed E-state index contributed by atoms with van der Waals surface area (Å²) >= 11 is 0. The van der Waals surface area contributed by atoms with Crippen LogP contribution in [0.5, 0.6) is 0 Å². The van der Waals surface area contributed by atoms with Crippen molar-refractivity contribution in [1.29, 1.82) is 0 Å². The van der Waals surface area contributed by atoms with E-state index in [4.69, 9.17) is 0 Å². The molecule has 88 valence electrons. The van der Waals surface area contributed by atoms with E-state index < -0.39 is 0 Å². The van der Waals surface area contributed by atoms with E-state index in [-0.39, 0.29) is 0 Å². The molecule has 0 bridgehead atoms. The Hall–Kier alpha value is -2.15. The SMILES string of the molecule is Cc1ccc(Cc2cc3ccccc3cn2)cc1. The summed E-state index contributed by atoms with van der Waals surface area (Å²) in [5.41, 5.74) is 3.73. The Morgan fingerprint density at radius 3 is 2.39 bits per heavy atom. The number of rotatable bonds is 2. The molecule has 1 nitrogen and oxygen atoms in total. The third-order valence-electron chi connectivity index (χ3n) is 3.19. The van der Waals surface area contributed by atoms with E-state index in [2.05, 4.69) is 60.4 Å². The third-order valence-corrected chi connectivity index (χ3v) is 3.19. The minimum absolute atomic E-state index is 0.894. The van der Waals surface area contributed by atoms with Crippen LogP contribution in [0, 0.1) is 6.92 Å². The van der Waals surface area contributed by atoms with Crippen LogP contribution in [0.4, 0.5) is 0 Å². The van der Waals surface area contributed by atoms with Crippen molar-refractivity contribution in [2.24, 2.45) is 0 Å². The Morgan fingerprint density at radius 2 is 1.61 bits per heavy atom. The van der Waals surface area contributed by atoms with Gasteiger partial charge in [-0.15, -0.1) is 0 Å². The van der Waals surface area contributed by atoms with Gasteiger partial charge < -0.3 is 0 Å². The van der Waals surface area contributed by atoms with Crippen LogP contribution in [0.2, 0.25) is 0 Å². The summed E-state index contributed by atoms with van der Waals surface area (Å²) in [7, 11) is 0. The lowest BCUT2D eigenvalue weighted by molar-refractivity contribution is 1.08. The second-order valence-corrected chi connectivity index (χ2v) is 4.69. The summed E-state index contributed by atoms with van der Waals surface area (Å²) in [4.78, 5) is 4.52. The highest BCUT2D eigenvalue weighted by Gasteiger charge is 1.99. The lowest BCUT2D eigenvalue weighted by Gasteiger charge is -2.04. The molecular weight excluding hydrogens is 218 g/mol. The Morgan fingerprint density at radius 1 is 0.889 bits per heavy atom. The first kappa shape index (κ1) is 11.0. The molecule has 0 spiro atoms. The molecule has 18 heavy (non-hydrogen) atoms. The van der Waals surface area contributed by atoms with Crippen LogP contribution in [0.3, 0.4) is 0 Å². The normalized spacial score (nSPS) is 10.7. The molecule has 0 fully saturated rings. The van der Waals surface area contributed by atoms with Crippen LogP contribution in [-0.4, -0.2) is 4.98 Å². The Bertz CT molecular complexity index is 669. The van der Waals surface area contributed by atoms with Gasteiger partial charge in [0.15, 0.2) is 0 Å². The molecular formula is C17H15N. The lowest BCUT2D eigenvalue weighted by Crippen LogP contribution is -1.92. The zero-order valence-electron chi connectivity index (χ0n) is 10.4. The van der Waals surface area contributed by atoms with E-state index in [1.54, 1.807) is 0 Å². The van der Waals surface area contributed by atoms with Gasteiger partial charge in [0.25, 0.3) is 0 Å². The molecule has 0 aliphatic heterocycles. The lowest BCUT2D eigenvalue weighted by atomic mass is 10.1. The van der Waals surface area contributed by atoms with E-state index >= 15 is 0 Å². The van der Waals surface area contributed by atoms with Gasteiger partial charge in [0.05, 0.1) is 0 Å². The molecule has 1 heterocycles. The van der Waals surface area contributed by atoms with E-state index in [1.807, 2.05) is 12.3 Å². The molecule has 1 heteroatoms. The van der Waals surface area contributed by atoms with Crippen LogP contribution >= 0.6 is 0 Å². The summed E-state index contributed by atoms with van der Waals surface area (Å²) in [5.74, 6) is 0. The topological polar surface area (TPSA) is 12.9 Å². The minimum atomic E-state index is 0.894. The summed E-state index contributed by atoms with van der Waals surface area (Å²) in [6, 6.07) is 19.2. The molecule has 3 aromatic rings. The van der Waals surface area contributed by atoms with Crippen molar-refractivity contribution < 1.29 is 0 Å². The monoisotopic (exact) mass is 233 g/mol. The van der Waals surface area contributed by atoms with Crippen molar-refractivity contribution in [3.8, 4) is 0 Å². The molecule has 0 saturated heterocycles. The summed E-state index contributed by atoms with van der Waals surface area (Å²) in [6.45, 7) is 2.11. The molecule has 0 N–H and O–H groups in total. The largest absolute Gasteiger partial charge is 0.260 e. The van der Waals surface area contributed by atoms with Crippen LogP contribution in [0.1, 0.15) is 16.8 Å². The standard InChI is InChI=1S/C17H15N/c1-13-6-8-14(9-7-13)10-17-11-15-4-2-3-5-16(15)12-18-17/h2-9,11-12H,10H2,1H3. The van der Waals surface area contributed by atoms with Crippen molar-refractivity contribution in [3.05, 3.63) is 77.6 Å². The average molecular weight is 233 g/mol. The van der Waals surface area contributed by atoms with Crippen LogP contribution < -0.4 is 0 Å². The molecule has 0 saturated carbocycles. The minimum Gasteiger partial charge on any atom is -0.260 e. The van der Waals surface area contributed by atoms with E-state index in [0.717, 1.165) is 12.1 Å². The summed E-state index contributed by atoms with van der Waals surface area (Å²) < 4.78 is 0. The average Bonchev–Trinajstić information content (AvgIpc) is 2.41. The van der Waals surface area contributed by atoms with Crippen molar-refractivity contribution in [1.82, 2.24) is 4.98 Å². The van der Waals surface area contributed by atoms with Gasteiger partial charge in [-0.1, -0.05) is 54.1 Å². The highest BCUT2D eigenvalue weighted by Crippen LogP contribution is 2.16. The molecule has 0 radical (unpaired) electrons. The van der Waals surface area contributed by atoms with Crippen molar-refractivity contribution >= 4 is 10.8 Å². The van der Waals surface area contributed by atoms with Gasteiger partial charge in [0, 0.05) is 23.7 Å². The number of benzene rings is 2. The van der Waals surface area contributed by atoms with E-state index in [0.29, 0.717) is 0 Å². The molecule has 3 rings (SSSR count). The number of aromatic nitrogens is 1. The number of aryl methyl sites for hydroxylation is 1. The fourth-order valence-corrected chi connectivity index (χ4v) is 2.14. The van der Waals surface area contributed by atoms with Gasteiger partial charge in [0.1, 0.15) is 0 Å².